The molecular formula is C10H22OS2Si. The Hall–Kier alpha value is 0.717. The smallest absolute Gasteiger partial charge is 0.0792 e. The molecule has 0 N–H and O–H groups in total. The lowest BCUT2D eigenvalue weighted by Gasteiger charge is -2.46. The molecule has 1 fully saturated rings. The largest absolute Gasteiger partial charge is 0.258 e. The summed E-state index contributed by atoms with van der Waals surface area (Å²) < 4.78 is 12.4. The summed E-state index contributed by atoms with van der Waals surface area (Å²) in [4.78, 5) is 0. The Morgan fingerprint density at radius 3 is 2.29 bits per heavy atom. The minimum atomic E-state index is -1.36. The van der Waals surface area contributed by atoms with Crippen LogP contribution in [-0.2, 0) is 10.8 Å². The third kappa shape index (κ3) is 2.12. The lowest BCUT2D eigenvalue weighted by molar-refractivity contribution is 0.652. The van der Waals surface area contributed by atoms with Crippen molar-refractivity contribution >= 4 is 30.6 Å². The van der Waals surface area contributed by atoms with Crippen molar-refractivity contribution in [2.75, 3.05) is 0 Å². The second-order valence-corrected chi connectivity index (χ2v) is 16.0. The highest BCUT2D eigenvalue weighted by Crippen LogP contribution is 2.47. The van der Waals surface area contributed by atoms with Gasteiger partial charge in [0.2, 0.25) is 0 Å². The van der Waals surface area contributed by atoms with Crippen LogP contribution < -0.4 is 0 Å². The maximum absolute atomic E-state index is 12.4. The van der Waals surface area contributed by atoms with Crippen LogP contribution in [0.2, 0.25) is 19.6 Å². The second kappa shape index (κ2) is 3.94. The zero-order valence-corrected chi connectivity index (χ0v) is 12.7. The van der Waals surface area contributed by atoms with Crippen molar-refractivity contribution in [1.29, 1.82) is 0 Å². The average Bonchev–Trinajstić information content (AvgIpc) is 1.97. The molecule has 0 aliphatic carbocycles. The summed E-state index contributed by atoms with van der Waals surface area (Å²) in [6, 6.07) is 0. The molecule has 0 aromatic rings. The van der Waals surface area contributed by atoms with Gasteiger partial charge >= 0.3 is 0 Å². The van der Waals surface area contributed by atoms with E-state index in [-0.39, 0.29) is 3.70 Å². The van der Waals surface area contributed by atoms with E-state index < -0.39 is 18.9 Å². The van der Waals surface area contributed by atoms with Crippen LogP contribution >= 0.6 is 11.8 Å². The Labute approximate surface area is 95.9 Å². The summed E-state index contributed by atoms with van der Waals surface area (Å²) in [6.07, 6.45) is 1.11. The van der Waals surface area contributed by atoms with E-state index in [9.17, 15) is 4.21 Å². The number of hydrogen-bond donors (Lipinski definition) is 0. The Bertz CT molecular complexity index is 249. The number of thioether (sulfide) groups is 1. The molecule has 0 amide bonds. The minimum absolute atomic E-state index is 0.0457. The van der Waals surface area contributed by atoms with Gasteiger partial charge in [-0.2, -0.15) is 0 Å². The van der Waals surface area contributed by atoms with Crippen molar-refractivity contribution in [3.8, 4) is 0 Å². The molecule has 84 valence electrons. The molecule has 4 heteroatoms. The highest BCUT2D eigenvalue weighted by molar-refractivity contribution is 8.16. The molecule has 14 heavy (non-hydrogen) atoms. The van der Waals surface area contributed by atoms with E-state index in [4.69, 9.17) is 0 Å². The summed E-state index contributed by atoms with van der Waals surface area (Å²) in [7, 11) is -2.02. The Balaban J connectivity index is 3.01. The van der Waals surface area contributed by atoms with Crippen LogP contribution in [0.4, 0.5) is 0 Å². The van der Waals surface area contributed by atoms with Gasteiger partial charge in [-0.1, -0.05) is 33.5 Å². The van der Waals surface area contributed by atoms with Gasteiger partial charge in [0.15, 0.2) is 0 Å². The van der Waals surface area contributed by atoms with Crippen molar-refractivity contribution in [3.05, 3.63) is 0 Å². The second-order valence-electron chi connectivity index (χ2n) is 5.47. The van der Waals surface area contributed by atoms with Crippen LogP contribution in [0.3, 0.4) is 0 Å². The first kappa shape index (κ1) is 12.8. The standard InChI is InChI=1S/C10H22OS2Si/c1-8-7-9(2)13(11)10(3,12-8)14(4,5)6/h8-9H,7H2,1-6H3/t8-,9+,10+,13?/m0/s1. The monoisotopic (exact) mass is 250 g/mol. The van der Waals surface area contributed by atoms with E-state index in [0.717, 1.165) is 6.42 Å². The van der Waals surface area contributed by atoms with E-state index in [2.05, 4.69) is 40.4 Å². The van der Waals surface area contributed by atoms with Crippen LogP contribution in [0.5, 0.6) is 0 Å². The molecule has 0 aromatic carbocycles. The van der Waals surface area contributed by atoms with Crippen molar-refractivity contribution in [3.63, 3.8) is 0 Å². The summed E-state index contributed by atoms with van der Waals surface area (Å²) in [5.41, 5.74) is 0. The third-order valence-electron chi connectivity index (χ3n) is 3.20. The molecular weight excluding hydrogens is 228 g/mol. The summed E-state index contributed by atoms with van der Waals surface area (Å²) in [5.74, 6) is 0. The van der Waals surface area contributed by atoms with Crippen molar-refractivity contribution in [2.24, 2.45) is 0 Å². The first-order valence-corrected chi connectivity index (χ1v) is 10.9. The van der Waals surface area contributed by atoms with E-state index in [1.165, 1.54) is 0 Å². The molecule has 1 nitrogen and oxygen atoms in total. The van der Waals surface area contributed by atoms with Crippen LogP contribution in [-0.4, -0.2) is 26.5 Å². The van der Waals surface area contributed by atoms with Crippen LogP contribution in [0.15, 0.2) is 0 Å². The predicted molar refractivity (Wildman–Crippen MR) is 71.0 cm³/mol. The molecule has 0 radical (unpaired) electrons. The molecule has 4 atom stereocenters. The summed E-state index contributed by atoms with van der Waals surface area (Å²) in [6.45, 7) is 13.7. The van der Waals surface area contributed by atoms with Gasteiger partial charge in [0, 0.05) is 21.3 Å². The van der Waals surface area contributed by atoms with Gasteiger partial charge in [0.05, 0.1) is 11.8 Å². The maximum Gasteiger partial charge on any atom is 0.0792 e. The topological polar surface area (TPSA) is 17.1 Å². The van der Waals surface area contributed by atoms with Gasteiger partial charge in [-0.15, -0.1) is 11.8 Å². The van der Waals surface area contributed by atoms with E-state index >= 15 is 0 Å². The Morgan fingerprint density at radius 2 is 1.86 bits per heavy atom. The molecule has 1 heterocycles. The molecule has 1 aliphatic rings. The summed E-state index contributed by atoms with van der Waals surface area (Å²) >= 11 is 1.97. The number of hydrogen-bond acceptors (Lipinski definition) is 2. The third-order valence-corrected chi connectivity index (χ3v) is 14.1. The molecule has 0 saturated carbocycles. The predicted octanol–water partition coefficient (Wildman–Crippen LogP) is 3.24. The lowest BCUT2D eigenvalue weighted by Crippen LogP contribution is -2.55. The molecule has 1 aliphatic heterocycles. The van der Waals surface area contributed by atoms with Crippen molar-refractivity contribution in [1.82, 2.24) is 0 Å². The first-order chi connectivity index (χ1) is 6.18. The first-order valence-electron chi connectivity index (χ1n) is 5.27. The van der Waals surface area contributed by atoms with Gasteiger partial charge in [0.25, 0.3) is 0 Å². The fourth-order valence-electron chi connectivity index (χ4n) is 1.90. The van der Waals surface area contributed by atoms with E-state index in [1.807, 2.05) is 11.8 Å². The lowest BCUT2D eigenvalue weighted by atomic mass is 10.3. The Morgan fingerprint density at radius 1 is 1.36 bits per heavy atom. The molecule has 1 rings (SSSR count). The fourth-order valence-corrected chi connectivity index (χ4v) is 10.8. The molecule has 0 aromatic heterocycles. The minimum Gasteiger partial charge on any atom is -0.258 e. The zero-order chi connectivity index (χ0) is 11.1. The maximum atomic E-state index is 12.4. The normalized spacial score (nSPS) is 45.1. The molecule has 0 bridgehead atoms. The van der Waals surface area contributed by atoms with Crippen molar-refractivity contribution < 1.29 is 4.21 Å². The van der Waals surface area contributed by atoms with Gasteiger partial charge < -0.3 is 0 Å². The van der Waals surface area contributed by atoms with Crippen molar-refractivity contribution in [2.45, 2.75) is 61.0 Å². The zero-order valence-electron chi connectivity index (χ0n) is 10.1. The Kier molecular flexibility index (Phi) is 3.60. The summed E-state index contributed by atoms with van der Waals surface area (Å²) in [5, 5.41) is 1.04. The van der Waals surface area contributed by atoms with Gasteiger partial charge in [-0.25, -0.2) is 0 Å². The van der Waals surface area contributed by atoms with Gasteiger partial charge in [-0.3, -0.25) is 4.21 Å². The quantitative estimate of drug-likeness (QED) is 0.665. The highest BCUT2D eigenvalue weighted by atomic mass is 32.2. The average molecular weight is 251 g/mol. The van der Waals surface area contributed by atoms with Crippen LogP contribution in [0.1, 0.15) is 27.2 Å². The SMILES string of the molecule is C[C@@H]1C[C@H](C)S[C@@](C)([Si](C)(C)C)S1=O. The molecule has 1 unspecified atom stereocenters. The van der Waals surface area contributed by atoms with Crippen LogP contribution in [0.25, 0.3) is 0 Å². The highest BCUT2D eigenvalue weighted by Gasteiger charge is 2.50. The van der Waals surface area contributed by atoms with E-state index in [1.54, 1.807) is 0 Å². The van der Waals surface area contributed by atoms with Gasteiger partial charge in [-0.05, 0) is 13.3 Å². The number of rotatable bonds is 1. The van der Waals surface area contributed by atoms with Crippen LogP contribution in [0, 0.1) is 0 Å². The molecule has 1 saturated heterocycles. The van der Waals surface area contributed by atoms with Gasteiger partial charge in [0.1, 0.15) is 0 Å². The van der Waals surface area contributed by atoms with E-state index in [0.29, 0.717) is 10.5 Å². The fraction of sp³-hybridized carbons (Fsp3) is 1.00. The molecule has 0 spiro atoms.